The van der Waals surface area contributed by atoms with Crippen molar-refractivity contribution in [2.75, 3.05) is 44.2 Å². The van der Waals surface area contributed by atoms with Crippen LogP contribution in [-0.4, -0.2) is 50.1 Å². The van der Waals surface area contributed by atoms with Crippen molar-refractivity contribution >= 4 is 36.4 Å². The highest BCUT2D eigenvalue weighted by Gasteiger charge is 2.26. The number of nitrogens with zero attached hydrogens (tertiary/aromatic N) is 2. The molecule has 0 radical (unpaired) electrons. The summed E-state index contributed by atoms with van der Waals surface area (Å²) in [5, 5.41) is 3.41. The Morgan fingerprint density at radius 3 is 2.42 bits per heavy atom. The largest absolute Gasteiger partial charge is 0.368 e. The molecule has 1 aromatic carbocycles. The van der Waals surface area contributed by atoms with Crippen molar-refractivity contribution in [3.8, 4) is 0 Å². The van der Waals surface area contributed by atoms with E-state index in [1.807, 2.05) is 0 Å². The third kappa shape index (κ3) is 6.04. The average Bonchev–Trinajstić information content (AvgIpc) is 2.62. The van der Waals surface area contributed by atoms with Gasteiger partial charge in [-0.3, -0.25) is 4.79 Å². The van der Waals surface area contributed by atoms with Gasteiger partial charge >= 0.3 is 0 Å². The number of carbonyl (C=O) groups excluding carboxylic acids is 1. The maximum atomic E-state index is 12.6. The van der Waals surface area contributed by atoms with Crippen LogP contribution in [0.3, 0.4) is 0 Å². The Bertz CT molecular complexity index is 556. The first-order valence-corrected chi connectivity index (χ1v) is 9.43. The minimum absolute atomic E-state index is 0. The van der Waals surface area contributed by atoms with Gasteiger partial charge < -0.3 is 15.1 Å². The van der Waals surface area contributed by atoms with E-state index >= 15 is 0 Å². The van der Waals surface area contributed by atoms with Crippen molar-refractivity contribution in [3.05, 3.63) is 29.8 Å². The number of hydrogen-bond donors (Lipinski definition) is 1. The van der Waals surface area contributed by atoms with E-state index in [2.05, 4.69) is 53.2 Å². The van der Waals surface area contributed by atoms with Crippen LogP contribution in [0, 0.1) is 18.8 Å². The SMILES string of the molecule is Cc1cccc(N2CCN(C(=O)CC(C)C3CCNCC3)CC2)c1.Cl.Cl. The van der Waals surface area contributed by atoms with Crippen LogP contribution in [0.1, 0.15) is 31.7 Å². The molecular weight excluding hydrogens is 369 g/mol. The van der Waals surface area contributed by atoms with Crippen molar-refractivity contribution in [1.82, 2.24) is 10.2 Å². The molecule has 2 fully saturated rings. The Labute approximate surface area is 170 Å². The van der Waals surface area contributed by atoms with E-state index in [-0.39, 0.29) is 24.8 Å². The number of hydrogen-bond acceptors (Lipinski definition) is 3. The highest BCUT2D eigenvalue weighted by Crippen LogP contribution is 2.25. The van der Waals surface area contributed by atoms with E-state index in [9.17, 15) is 4.79 Å². The maximum absolute atomic E-state index is 12.6. The van der Waals surface area contributed by atoms with Crippen molar-refractivity contribution < 1.29 is 4.79 Å². The molecule has 0 spiro atoms. The zero-order valence-corrected chi connectivity index (χ0v) is 17.6. The average molecular weight is 402 g/mol. The Morgan fingerprint density at radius 2 is 1.81 bits per heavy atom. The summed E-state index contributed by atoms with van der Waals surface area (Å²) in [7, 11) is 0. The second kappa shape index (κ2) is 11.0. The fourth-order valence-corrected chi connectivity index (χ4v) is 4.02. The second-order valence-electron chi connectivity index (χ2n) is 7.48. The molecular formula is C20H33Cl2N3O. The van der Waals surface area contributed by atoms with Crippen LogP contribution in [0.2, 0.25) is 0 Å². The molecule has 1 aromatic rings. The molecule has 4 nitrogen and oxygen atoms in total. The molecule has 26 heavy (non-hydrogen) atoms. The Hall–Kier alpha value is -0.970. The van der Waals surface area contributed by atoms with Crippen LogP contribution in [0.25, 0.3) is 0 Å². The number of halogens is 2. The van der Waals surface area contributed by atoms with Crippen molar-refractivity contribution in [2.45, 2.75) is 33.1 Å². The van der Waals surface area contributed by atoms with Gasteiger partial charge in [0.2, 0.25) is 5.91 Å². The van der Waals surface area contributed by atoms with Crippen LogP contribution in [0.4, 0.5) is 5.69 Å². The molecule has 2 aliphatic heterocycles. The van der Waals surface area contributed by atoms with Gasteiger partial charge in [-0.2, -0.15) is 0 Å². The number of aryl methyl sites for hydroxylation is 1. The van der Waals surface area contributed by atoms with Gasteiger partial charge in [0.05, 0.1) is 0 Å². The van der Waals surface area contributed by atoms with Crippen LogP contribution < -0.4 is 10.2 Å². The Morgan fingerprint density at radius 1 is 1.15 bits per heavy atom. The fraction of sp³-hybridized carbons (Fsp3) is 0.650. The molecule has 1 N–H and O–H groups in total. The summed E-state index contributed by atoms with van der Waals surface area (Å²) in [6.07, 6.45) is 3.15. The lowest BCUT2D eigenvalue weighted by atomic mass is 9.84. The highest BCUT2D eigenvalue weighted by atomic mass is 35.5. The van der Waals surface area contributed by atoms with E-state index in [1.165, 1.54) is 24.1 Å². The van der Waals surface area contributed by atoms with Gasteiger partial charge in [0.1, 0.15) is 0 Å². The van der Waals surface area contributed by atoms with E-state index in [0.717, 1.165) is 45.7 Å². The summed E-state index contributed by atoms with van der Waals surface area (Å²) in [6.45, 7) is 10.2. The number of piperidine rings is 1. The summed E-state index contributed by atoms with van der Waals surface area (Å²) in [4.78, 5) is 17.1. The molecule has 0 aromatic heterocycles. The normalized spacial score (nSPS) is 19.3. The lowest BCUT2D eigenvalue weighted by Gasteiger charge is -2.37. The predicted octanol–water partition coefficient (Wildman–Crippen LogP) is 3.51. The first-order chi connectivity index (χ1) is 11.6. The Kier molecular flexibility index (Phi) is 9.77. The van der Waals surface area contributed by atoms with E-state index in [1.54, 1.807) is 0 Å². The van der Waals surface area contributed by atoms with E-state index < -0.39 is 0 Å². The van der Waals surface area contributed by atoms with Gasteiger partial charge in [-0.1, -0.05) is 19.1 Å². The first-order valence-electron chi connectivity index (χ1n) is 9.43. The summed E-state index contributed by atoms with van der Waals surface area (Å²) in [5.41, 5.74) is 2.58. The standard InChI is InChI=1S/C20H31N3O.2ClH/c1-16-4-3-5-19(14-16)22-10-12-23(13-11-22)20(24)15-17(2)18-6-8-21-9-7-18;;/h3-5,14,17-18,21H,6-13,15H2,1-2H3;2*1H. The number of anilines is 1. The molecule has 1 amide bonds. The van der Waals surface area contributed by atoms with Crippen LogP contribution in [0.15, 0.2) is 24.3 Å². The summed E-state index contributed by atoms with van der Waals surface area (Å²) < 4.78 is 0. The number of benzene rings is 1. The zero-order valence-electron chi connectivity index (χ0n) is 15.9. The first kappa shape index (κ1) is 23.1. The van der Waals surface area contributed by atoms with Gasteiger partial charge in [0, 0.05) is 38.3 Å². The summed E-state index contributed by atoms with van der Waals surface area (Å²) in [6, 6.07) is 8.65. The van der Waals surface area contributed by atoms with Crippen LogP contribution >= 0.6 is 24.8 Å². The molecule has 2 heterocycles. The molecule has 1 unspecified atom stereocenters. The topological polar surface area (TPSA) is 35.6 Å². The molecule has 148 valence electrons. The van der Waals surface area contributed by atoms with E-state index in [4.69, 9.17) is 0 Å². The monoisotopic (exact) mass is 401 g/mol. The zero-order chi connectivity index (χ0) is 16.9. The molecule has 2 saturated heterocycles. The smallest absolute Gasteiger partial charge is 0.222 e. The number of rotatable bonds is 4. The van der Waals surface area contributed by atoms with Crippen LogP contribution in [0.5, 0.6) is 0 Å². The predicted molar refractivity (Wildman–Crippen MR) is 114 cm³/mol. The molecule has 0 bridgehead atoms. The fourth-order valence-electron chi connectivity index (χ4n) is 4.02. The number of piperazine rings is 1. The lowest BCUT2D eigenvalue weighted by Crippen LogP contribution is -2.49. The number of carbonyl (C=O) groups is 1. The van der Waals surface area contributed by atoms with Crippen molar-refractivity contribution in [1.29, 1.82) is 0 Å². The van der Waals surface area contributed by atoms with Gasteiger partial charge in [0.15, 0.2) is 0 Å². The van der Waals surface area contributed by atoms with Gasteiger partial charge in [-0.25, -0.2) is 0 Å². The molecule has 0 saturated carbocycles. The minimum atomic E-state index is 0. The van der Waals surface area contributed by atoms with Crippen molar-refractivity contribution in [3.63, 3.8) is 0 Å². The second-order valence-corrected chi connectivity index (χ2v) is 7.48. The third-order valence-corrected chi connectivity index (χ3v) is 5.68. The lowest BCUT2D eigenvalue weighted by molar-refractivity contribution is -0.132. The molecule has 0 aliphatic carbocycles. The number of nitrogens with one attached hydrogen (secondary N) is 1. The van der Waals surface area contributed by atoms with E-state index in [0.29, 0.717) is 17.7 Å². The maximum Gasteiger partial charge on any atom is 0.222 e. The van der Waals surface area contributed by atoms with Gasteiger partial charge in [-0.05, 0) is 62.4 Å². The third-order valence-electron chi connectivity index (χ3n) is 5.68. The molecule has 3 rings (SSSR count). The quantitative estimate of drug-likeness (QED) is 0.837. The highest BCUT2D eigenvalue weighted by molar-refractivity contribution is 5.85. The van der Waals surface area contributed by atoms with Crippen molar-refractivity contribution in [2.24, 2.45) is 11.8 Å². The minimum Gasteiger partial charge on any atom is -0.368 e. The Balaban J connectivity index is 0.00000169. The molecule has 1 atom stereocenters. The molecule has 6 heteroatoms. The summed E-state index contributed by atoms with van der Waals surface area (Å²) >= 11 is 0. The number of amides is 1. The van der Waals surface area contributed by atoms with Gasteiger partial charge in [-0.15, -0.1) is 24.8 Å². The van der Waals surface area contributed by atoms with Gasteiger partial charge in [0.25, 0.3) is 0 Å². The van der Waals surface area contributed by atoms with Crippen LogP contribution in [-0.2, 0) is 4.79 Å². The summed E-state index contributed by atoms with van der Waals surface area (Å²) in [5.74, 6) is 1.57. The molecule has 2 aliphatic rings.